The number of aryl methyl sites for hydroxylation is 1. The Kier molecular flexibility index (Phi) is 6.86. The molecule has 0 aliphatic carbocycles. The van der Waals surface area contributed by atoms with E-state index < -0.39 is 17.7 Å². The van der Waals surface area contributed by atoms with Gasteiger partial charge < -0.3 is 14.9 Å². The summed E-state index contributed by atoms with van der Waals surface area (Å²) in [5, 5.41) is 11.6. The largest absolute Gasteiger partial charge is 0.507 e. The minimum Gasteiger partial charge on any atom is -0.507 e. The van der Waals surface area contributed by atoms with Crippen LogP contribution in [0.4, 0.5) is 0 Å². The lowest BCUT2D eigenvalue weighted by molar-refractivity contribution is -0.139. The Morgan fingerprint density at radius 2 is 1.83 bits per heavy atom. The highest BCUT2D eigenvalue weighted by molar-refractivity contribution is 6.46. The maximum absolute atomic E-state index is 13.0. The predicted octanol–water partition coefficient (Wildman–Crippen LogP) is 4.68. The molecule has 3 rings (SSSR count). The second-order valence-electron chi connectivity index (χ2n) is 7.69. The summed E-state index contributed by atoms with van der Waals surface area (Å²) >= 11 is 12.1. The maximum atomic E-state index is 13.0. The molecule has 1 aliphatic rings. The van der Waals surface area contributed by atoms with E-state index in [2.05, 4.69) is 0 Å². The second-order valence-corrected chi connectivity index (χ2v) is 8.51. The zero-order valence-electron chi connectivity index (χ0n) is 17.2. The number of nitrogens with zero attached hydrogens (tertiary/aromatic N) is 2. The van der Waals surface area contributed by atoms with Crippen LogP contribution in [0, 0.1) is 6.92 Å². The molecule has 0 spiro atoms. The highest BCUT2D eigenvalue weighted by atomic mass is 35.5. The highest BCUT2D eigenvalue weighted by Gasteiger charge is 2.45. The minimum atomic E-state index is -0.699. The summed E-state index contributed by atoms with van der Waals surface area (Å²) in [6.07, 6.45) is 0.704. The first-order valence-corrected chi connectivity index (χ1v) is 10.4. The van der Waals surface area contributed by atoms with Gasteiger partial charge in [-0.15, -0.1) is 0 Å². The van der Waals surface area contributed by atoms with E-state index in [-0.39, 0.29) is 16.4 Å². The summed E-state index contributed by atoms with van der Waals surface area (Å²) in [4.78, 5) is 29.4. The smallest absolute Gasteiger partial charge is 0.295 e. The third-order valence-corrected chi connectivity index (χ3v) is 5.83. The Hall–Kier alpha value is -2.34. The second kappa shape index (κ2) is 9.21. The van der Waals surface area contributed by atoms with Crippen LogP contribution in [0.1, 0.15) is 29.2 Å². The maximum Gasteiger partial charge on any atom is 0.295 e. The molecule has 30 heavy (non-hydrogen) atoms. The van der Waals surface area contributed by atoms with Crippen molar-refractivity contribution in [3.63, 3.8) is 0 Å². The molecule has 2 aromatic rings. The van der Waals surface area contributed by atoms with Gasteiger partial charge in [0.25, 0.3) is 11.7 Å². The van der Waals surface area contributed by atoms with Crippen molar-refractivity contribution in [1.82, 2.24) is 9.80 Å². The zero-order chi connectivity index (χ0) is 22.0. The predicted molar refractivity (Wildman–Crippen MR) is 120 cm³/mol. The number of hydrogen-bond donors (Lipinski definition) is 1. The third-order valence-electron chi connectivity index (χ3n) is 5.10. The van der Waals surface area contributed by atoms with Crippen LogP contribution in [-0.4, -0.2) is 53.8 Å². The topological polar surface area (TPSA) is 60.9 Å². The van der Waals surface area contributed by atoms with Gasteiger partial charge in [0.15, 0.2) is 0 Å². The molecule has 158 valence electrons. The molecule has 0 aromatic heterocycles. The lowest BCUT2D eigenvalue weighted by atomic mass is 9.94. The molecule has 1 aliphatic heterocycles. The van der Waals surface area contributed by atoms with Gasteiger partial charge in [0.2, 0.25) is 0 Å². The summed E-state index contributed by atoms with van der Waals surface area (Å²) in [7, 11) is 3.91. The Labute approximate surface area is 186 Å². The number of likely N-dealkylation sites (tertiary alicyclic amines) is 1. The van der Waals surface area contributed by atoms with Crippen LogP contribution in [0.3, 0.4) is 0 Å². The van der Waals surface area contributed by atoms with E-state index in [0.717, 1.165) is 17.7 Å². The van der Waals surface area contributed by atoms with Gasteiger partial charge in [0, 0.05) is 12.1 Å². The molecule has 2 aromatic carbocycles. The SMILES string of the molecule is Cc1cccc(C2/C(=C(/O)c3ccc(Cl)c(Cl)c3)C(=O)C(=O)N2CCCN(C)C)c1. The average Bonchev–Trinajstić information content (AvgIpc) is 2.94. The summed E-state index contributed by atoms with van der Waals surface area (Å²) in [6, 6.07) is 11.6. The van der Waals surface area contributed by atoms with Gasteiger partial charge in [-0.25, -0.2) is 0 Å². The average molecular weight is 447 g/mol. The van der Waals surface area contributed by atoms with Gasteiger partial charge in [-0.1, -0.05) is 53.0 Å². The molecule has 5 nitrogen and oxygen atoms in total. The lowest BCUT2D eigenvalue weighted by Crippen LogP contribution is -2.32. The number of aliphatic hydroxyl groups excluding tert-OH is 1. The molecular formula is C23H24Cl2N2O3. The van der Waals surface area contributed by atoms with Crippen molar-refractivity contribution in [1.29, 1.82) is 0 Å². The van der Waals surface area contributed by atoms with Crippen LogP contribution in [-0.2, 0) is 9.59 Å². The normalized spacial score (nSPS) is 18.5. The van der Waals surface area contributed by atoms with Crippen molar-refractivity contribution >= 4 is 40.7 Å². The fraction of sp³-hybridized carbons (Fsp3) is 0.304. The number of carbonyl (C=O) groups is 2. The van der Waals surface area contributed by atoms with E-state index in [1.807, 2.05) is 50.2 Å². The Morgan fingerprint density at radius 3 is 2.47 bits per heavy atom. The van der Waals surface area contributed by atoms with Crippen LogP contribution in [0.5, 0.6) is 0 Å². The van der Waals surface area contributed by atoms with Crippen LogP contribution < -0.4 is 0 Å². The molecule has 1 fully saturated rings. The van der Waals surface area contributed by atoms with Crippen LogP contribution in [0.2, 0.25) is 10.0 Å². The van der Waals surface area contributed by atoms with Crippen LogP contribution >= 0.6 is 23.2 Å². The van der Waals surface area contributed by atoms with Crippen LogP contribution in [0.15, 0.2) is 48.0 Å². The summed E-state index contributed by atoms with van der Waals surface area (Å²) < 4.78 is 0. The van der Waals surface area contributed by atoms with Crippen molar-refractivity contribution in [2.75, 3.05) is 27.2 Å². The van der Waals surface area contributed by atoms with E-state index in [1.165, 1.54) is 6.07 Å². The van der Waals surface area contributed by atoms with Gasteiger partial charge in [0.05, 0.1) is 21.7 Å². The van der Waals surface area contributed by atoms with E-state index >= 15 is 0 Å². The van der Waals surface area contributed by atoms with Crippen molar-refractivity contribution in [3.05, 3.63) is 74.8 Å². The first kappa shape index (κ1) is 22.3. The van der Waals surface area contributed by atoms with Gasteiger partial charge >= 0.3 is 0 Å². The first-order valence-electron chi connectivity index (χ1n) is 9.66. The minimum absolute atomic E-state index is 0.0637. The Bertz CT molecular complexity index is 1020. The molecule has 0 radical (unpaired) electrons. The van der Waals surface area contributed by atoms with Crippen LogP contribution in [0.25, 0.3) is 5.76 Å². The quantitative estimate of drug-likeness (QED) is 0.397. The third kappa shape index (κ3) is 4.53. The number of halogens is 2. The molecule has 1 saturated heterocycles. The summed E-state index contributed by atoms with van der Waals surface area (Å²) in [6.45, 7) is 3.12. The van der Waals surface area contributed by atoms with Gasteiger partial charge in [-0.2, -0.15) is 0 Å². The molecule has 0 saturated carbocycles. The van der Waals surface area contributed by atoms with E-state index in [9.17, 15) is 14.7 Å². The van der Waals surface area contributed by atoms with Gasteiger partial charge in [-0.05, 0) is 57.7 Å². The van der Waals surface area contributed by atoms with E-state index in [0.29, 0.717) is 23.6 Å². The molecular weight excluding hydrogens is 423 g/mol. The highest BCUT2D eigenvalue weighted by Crippen LogP contribution is 2.40. The lowest BCUT2D eigenvalue weighted by Gasteiger charge is -2.26. The summed E-state index contributed by atoms with van der Waals surface area (Å²) in [5.74, 6) is -1.56. The van der Waals surface area contributed by atoms with Crippen molar-refractivity contribution < 1.29 is 14.7 Å². The number of amides is 1. The Morgan fingerprint density at radius 1 is 1.10 bits per heavy atom. The molecule has 1 unspecified atom stereocenters. The van der Waals surface area contributed by atoms with Crippen molar-refractivity contribution in [3.8, 4) is 0 Å². The molecule has 0 bridgehead atoms. The zero-order valence-corrected chi connectivity index (χ0v) is 18.7. The number of aliphatic hydroxyl groups is 1. The number of ketones is 1. The first-order chi connectivity index (χ1) is 14.2. The molecule has 1 heterocycles. The van der Waals surface area contributed by atoms with E-state index in [4.69, 9.17) is 23.2 Å². The standard InChI is InChI=1S/C23H24Cl2N2O3/c1-14-6-4-7-15(12-14)20-19(21(28)16-8-9-17(24)18(25)13-16)22(29)23(30)27(20)11-5-10-26(2)3/h4,6-9,12-13,20,28H,5,10-11H2,1-3H3/b21-19-. The number of Topliss-reactive ketones (excluding diaryl/α,β-unsaturated/α-hetero) is 1. The fourth-order valence-electron chi connectivity index (χ4n) is 3.65. The molecule has 1 N–H and O–H groups in total. The molecule has 1 atom stereocenters. The fourth-order valence-corrected chi connectivity index (χ4v) is 3.95. The molecule has 7 heteroatoms. The van der Waals surface area contributed by atoms with E-state index in [1.54, 1.807) is 17.0 Å². The monoisotopic (exact) mass is 446 g/mol. The number of rotatable bonds is 6. The Balaban J connectivity index is 2.12. The van der Waals surface area contributed by atoms with Gasteiger partial charge in [0.1, 0.15) is 5.76 Å². The van der Waals surface area contributed by atoms with Crippen molar-refractivity contribution in [2.24, 2.45) is 0 Å². The molecule has 1 amide bonds. The number of hydrogen-bond acceptors (Lipinski definition) is 4. The van der Waals surface area contributed by atoms with Gasteiger partial charge in [-0.3, -0.25) is 9.59 Å². The number of benzene rings is 2. The van der Waals surface area contributed by atoms with Crippen molar-refractivity contribution in [2.45, 2.75) is 19.4 Å². The summed E-state index contributed by atoms with van der Waals surface area (Å²) in [5.41, 5.74) is 2.18. The number of carbonyl (C=O) groups excluding carboxylic acids is 2.